The highest BCUT2D eigenvalue weighted by Crippen LogP contribution is 2.22. The molecule has 0 aliphatic heterocycles. The standard InChI is InChI=1S/C21H26N4O2/c1-2-3-10-17(22)21-25-19(14-27-21)20(26)24-13-12-23-18-11-6-8-15-7-4-5-9-16(15)18/h4-9,11,14,17,23H,2-3,10,12-13,22H2,1H3,(H,24,26). The van der Waals surface area contributed by atoms with Gasteiger partial charge in [0.1, 0.15) is 6.26 Å². The number of unbranched alkanes of at least 4 members (excludes halogenated alkanes) is 1. The van der Waals surface area contributed by atoms with Gasteiger partial charge in [0.05, 0.1) is 6.04 Å². The quantitative estimate of drug-likeness (QED) is 0.500. The minimum Gasteiger partial charge on any atom is -0.446 e. The number of nitrogens with two attached hydrogens (primary N) is 1. The van der Waals surface area contributed by atoms with E-state index in [1.165, 1.54) is 11.6 Å². The van der Waals surface area contributed by atoms with Crippen LogP contribution < -0.4 is 16.4 Å². The van der Waals surface area contributed by atoms with Crippen LogP contribution in [0.3, 0.4) is 0 Å². The minimum atomic E-state index is -0.264. The molecule has 0 fully saturated rings. The molecule has 0 saturated carbocycles. The number of carbonyl (C=O) groups excluding carboxylic acids is 1. The number of hydrogen-bond acceptors (Lipinski definition) is 5. The molecule has 0 saturated heterocycles. The van der Waals surface area contributed by atoms with E-state index >= 15 is 0 Å². The van der Waals surface area contributed by atoms with Crippen molar-refractivity contribution in [2.45, 2.75) is 32.2 Å². The summed E-state index contributed by atoms with van der Waals surface area (Å²) in [4.78, 5) is 16.4. The Bertz CT molecular complexity index is 885. The molecule has 27 heavy (non-hydrogen) atoms. The Hall–Kier alpha value is -2.86. The van der Waals surface area contributed by atoms with Gasteiger partial charge in [-0.25, -0.2) is 4.98 Å². The summed E-state index contributed by atoms with van der Waals surface area (Å²) >= 11 is 0. The van der Waals surface area contributed by atoms with Crippen molar-refractivity contribution in [2.75, 3.05) is 18.4 Å². The van der Waals surface area contributed by atoms with Crippen molar-refractivity contribution in [3.8, 4) is 0 Å². The molecular weight excluding hydrogens is 340 g/mol. The first kappa shape index (κ1) is 18.9. The van der Waals surface area contributed by atoms with E-state index in [-0.39, 0.29) is 17.6 Å². The molecule has 1 heterocycles. The maximum absolute atomic E-state index is 12.2. The predicted octanol–water partition coefficient (Wildman–Crippen LogP) is 3.86. The van der Waals surface area contributed by atoms with Crippen LogP contribution in [0.2, 0.25) is 0 Å². The molecule has 142 valence electrons. The number of anilines is 1. The van der Waals surface area contributed by atoms with Gasteiger partial charge >= 0.3 is 0 Å². The third-order valence-electron chi connectivity index (χ3n) is 4.46. The third-order valence-corrected chi connectivity index (χ3v) is 4.46. The van der Waals surface area contributed by atoms with Gasteiger partial charge in [-0.05, 0) is 17.9 Å². The maximum atomic E-state index is 12.2. The zero-order valence-electron chi connectivity index (χ0n) is 15.6. The van der Waals surface area contributed by atoms with E-state index in [2.05, 4.69) is 40.7 Å². The number of nitrogens with zero attached hydrogens (tertiary/aromatic N) is 1. The Morgan fingerprint density at radius 2 is 2.00 bits per heavy atom. The van der Waals surface area contributed by atoms with E-state index in [1.54, 1.807) is 0 Å². The van der Waals surface area contributed by atoms with Crippen LogP contribution in [0, 0.1) is 0 Å². The van der Waals surface area contributed by atoms with Gasteiger partial charge < -0.3 is 20.8 Å². The molecular formula is C21H26N4O2. The van der Waals surface area contributed by atoms with Crippen LogP contribution >= 0.6 is 0 Å². The Balaban J connectivity index is 1.49. The van der Waals surface area contributed by atoms with Crippen molar-refractivity contribution in [3.05, 3.63) is 60.3 Å². The number of aromatic nitrogens is 1. The van der Waals surface area contributed by atoms with Gasteiger partial charge in [0.2, 0.25) is 5.89 Å². The number of hydrogen-bond donors (Lipinski definition) is 3. The van der Waals surface area contributed by atoms with Gasteiger partial charge in [-0.2, -0.15) is 0 Å². The van der Waals surface area contributed by atoms with E-state index in [4.69, 9.17) is 10.2 Å². The second kappa shape index (κ2) is 9.19. The normalized spacial score (nSPS) is 12.1. The molecule has 3 aromatic rings. The zero-order valence-corrected chi connectivity index (χ0v) is 15.6. The molecule has 0 spiro atoms. The summed E-state index contributed by atoms with van der Waals surface area (Å²) < 4.78 is 5.36. The number of oxazole rings is 1. The molecule has 2 aromatic carbocycles. The fourth-order valence-corrected chi connectivity index (χ4v) is 2.95. The second-order valence-corrected chi connectivity index (χ2v) is 6.53. The Morgan fingerprint density at radius 3 is 2.85 bits per heavy atom. The average molecular weight is 366 g/mol. The number of amides is 1. The highest BCUT2D eigenvalue weighted by Gasteiger charge is 2.16. The summed E-state index contributed by atoms with van der Waals surface area (Å²) in [6, 6.07) is 14.1. The molecule has 0 bridgehead atoms. The molecule has 1 atom stereocenters. The Morgan fingerprint density at radius 1 is 1.19 bits per heavy atom. The summed E-state index contributed by atoms with van der Waals surface area (Å²) in [5.74, 6) is 0.162. The number of nitrogens with one attached hydrogen (secondary N) is 2. The lowest BCUT2D eigenvalue weighted by molar-refractivity contribution is 0.0950. The van der Waals surface area contributed by atoms with Crippen LogP contribution in [0.25, 0.3) is 10.8 Å². The first-order chi connectivity index (χ1) is 13.2. The third kappa shape index (κ3) is 4.86. The van der Waals surface area contributed by atoms with Gasteiger partial charge in [-0.1, -0.05) is 56.2 Å². The van der Waals surface area contributed by atoms with Gasteiger partial charge in [0.15, 0.2) is 5.69 Å². The summed E-state index contributed by atoms with van der Waals surface area (Å²) in [5.41, 5.74) is 7.34. The fourth-order valence-electron chi connectivity index (χ4n) is 2.95. The van der Waals surface area contributed by atoms with Crippen LogP contribution in [0.4, 0.5) is 5.69 Å². The molecule has 4 N–H and O–H groups in total. The zero-order chi connectivity index (χ0) is 19.1. The summed E-state index contributed by atoms with van der Waals surface area (Å²) in [7, 11) is 0. The molecule has 0 radical (unpaired) electrons. The van der Waals surface area contributed by atoms with E-state index in [9.17, 15) is 4.79 Å². The summed E-state index contributed by atoms with van der Waals surface area (Å²) in [5, 5.41) is 8.55. The first-order valence-electron chi connectivity index (χ1n) is 9.40. The van der Waals surface area contributed by atoms with E-state index in [1.807, 2.05) is 24.3 Å². The largest absolute Gasteiger partial charge is 0.446 e. The van der Waals surface area contributed by atoms with Crippen molar-refractivity contribution in [2.24, 2.45) is 5.73 Å². The molecule has 3 rings (SSSR count). The second-order valence-electron chi connectivity index (χ2n) is 6.53. The van der Waals surface area contributed by atoms with Gasteiger partial charge in [-0.3, -0.25) is 4.79 Å². The Labute approximate surface area is 159 Å². The van der Waals surface area contributed by atoms with Crippen molar-refractivity contribution in [3.63, 3.8) is 0 Å². The fraction of sp³-hybridized carbons (Fsp3) is 0.333. The van der Waals surface area contributed by atoms with Crippen LogP contribution in [-0.4, -0.2) is 24.0 Å². The number of carbonyl (C=O) groups is 1. The van der Waals surface area contributed by atoms with E-state index < -0.39 is 0 Å². The minimum absolute atomic E-state index is 0.257. The molecule has 6 heteroatoms. The van der Waals surface area contributed by atoms with Crippen molar-refractivity contribution < 1.29 is 9.21 Å². The molecule has 1 aromatic heterocycles. The summed E-state index contributed by atoms with van der Waals surface area (Å²) in [6.45, 7) is 3.19. The molecule has 1 unspecified atom stereocenters. The smallest absolute Gasteiger partial charge is 0.273 e. The number of fused-ring (bicyclic) bond motifs is 1. The maximum Gasteiger partial charge on any atom is 0.273 e. The molecule has 6 nitrogen and oxygen atoms in total. The van der Waals surface area contributed by atoms with Crippen LogP contribution in [-0.2, 0) is 0 Å². The van der Waals surface area contributed by atoms with E-state index in [0.29, 0.717) is 19.0 Å². The van der Waals surface area contributed by atoms with Crippen molar-refractivity contribution in [1.82, 2.24) is 10.3 Å². The van der Waals surface area contributed by atoms with Gasteiger partial charge in [0, 0.05) is 24.2 Å². The van der Waals surface area contributed by atoms with E-state index in [0.717, 1.165) is 30.3 Å². The first-order valence-corrected chi connectivity index (χ1v) is 9.40. The lowest BCUT2D eigenvalue weighted by atomic mass is 10.1. The highest BCUT2D eigenvalue weighted by molar-refractivity contribution is 5.94. The SMILES string of the molecule is CCCCC(N)c1nc(C(=O)NCCNc2cccc3ccccc23)co1. The lowest BCUT2D eigenvalue weighted by Gasteiger charge is -2.10. The highest BCUT2D eigenvalue weighted by atomic mass is 16.3. The van der Waals surface area contributed by atoms with Crippen molar-refractivity contribution in [1.29, 1.82) is 0 Å². The monoisotopic (exact) mass is 366 g/mol. The van der Waals surface area contributed by atoms with Gasteiger partial charge in [0.25, 0.3) is 5.91 Å². The summed E-state index contributed by atoms with van der Waals surface area (Å²) in [6.07, 6.45) is 4.23. The van der Waals surface area contributed by atoms with Crippen molar-refractivity contribution >= 4 is 22.4 Å². The van der Waals surface area contributed by atoms with Gasteiger partial charge in [-0.15, -0.1) is 0 Å². The topological polar surface area (TPSA) is 93.2 Å². The molecule has 0 aliphatic rings. The number of rotatable bonds is 9. The molecule has 0 aliphatic carbocycles. The number of benzene rings is 2. The van der Waals surface area contributed by atoms with Crippen LogP contribution in [0.5, 0.6) is 0 Å². The Kier molecular flexibility index (Phi) is 6.44. The predicted molar refractivity (Wildman–Crippen MR) is 108 cm³/mol. The lowest BCUT2D eigenvalue weighted by Crippen LogP contribution is -2.29. The van der Waals surface area contributed by atoms with Crippen LogP contribution in [0.15, 0.2) is 53.1 Å². The average Bonchev–Trinajstić information content (AvgIpc) is 3.20. The van der Waals surface area contributed by atoms with Crippen LogP contribution in [0.1, 0.15) is 48.6 Å². The molecule has 1 amide bonds.